The second kappa shape index (κ2) is 6.40. The number of carbonyl (C=O) groups is 1. The second-order valence-electron chi connectivity index (χ2n) is 4.73. The van der Waals surface area contributed by atoms with Gasteiger partial charge in [-0.05, 0) is 31.7 Å². The maximum atomic E-state index is 11.5. The summed E-state index contributed by atoms with van der Waals surface area (Å²) in [6.45, 7) is 4.65. The molecule has 2 N–H and O–H groups in total. The van der Waals surface area contributed by atoms with Gasteiger partial charge in [0.15, 0.2) is 0 Å². The van der Waals surface area contributed by atoms with Gasteiger partial charge in [0.1, 0.15) is 5.75 Å². The Morgan fingerprint density at radius 3 is 2.67 bits per heavy atom. The molecular weight excluding hydrogens is 228 g/mol. The summed E-state index contributed by atoms with van der Waals surface area (Å²) in [5.74, 6) is 0.261. The Balaban J connectivity index is 2.66. The van der Waals surface area contributed by atoms with Gasteiger partial charge in [0.25, 0.3) is 0 Å². The van der Waals surface area contributed by atoms with Crippen LogP contribution < -0.4 is 5.32 Å². The summed E-state index contributed by atoms with van der Waals surface area (Å²) in [4.78, 5) is 13.6. The van der Waals surface area contributed by atoms with Crippen LogP contribution in [0.2, 0.25) is 0 Å². The molecule has 0 aliphatic rings. The molecule has 2 atom stereocenters. The molecular formula is C14H22N2O2. The van der Waals surface area contributed by atoms with Crippen molar-refractivity contribution in [3.8, 4) is 5.75 Å². The van der Waals surface area contributed by atoms with Crippen molar-refractivity contribution in [3.05, 3.63) is 29.8 Å². The van der Waals surface area contributed by atoms with Gasteiger partial charge >= 0.3 is 0 Å². The molecule has 0 radical (unpaired) electrons. The van der Waals surface area contributed by atoms with E-state index in [4.69, 9.17) is 0 Å². The van der Waals surface area contributed by atoms with E-state index in [2.05, 4.69) is 17.1 Å². The number of nitrogens with one attached hydrogen (secondary N) is 1. The number of benzene rings is 1. The van der Waals surface area contributed by atoms with Gasteiger partial charge in [-0.15, -0.1) is 0 Å². The Morgan fingerprint density at radius 2 is 2.11 bits per heavy atom. The zero-order valence-electron chi connectivity index (χ0n) is 11.5. The molecule has 4 heteroatoms. The monoisotopic (exact) mass is 250 g/mol. The number of phenols is 1. The summed E-state index contributed by atoms with van der Waals surface area (Å²) in [6.07, 6.45) is 0. The highest BCUT2D eigenvalue weighted by Gasteiger charge is 2.18. The molecule has 0 saturated carbocycles. The summed E-state index contributed by atoms with van der Waals surface area (Å²) >= 11 is 0. The van der Waals surface area contributed by atoms with Crippen LogP contribution in [-0.2, 0) is 4.79 Å². The molecule has 0 aliphatic carbocycles. The summed E-state index contributed by atoms with van der Waals surface area (Å²) < 4.78 is 0. The maximum Gasteiger partial charge on any atom is 0.223 e. The van der Waals surface area contributed by atoms with Gasteiger partial charge in [-0.2, -0.15) is 0 Å². The lowest BCUT2D eigenvalue weighted by molar-refractivity contribution is -0.124. The molecule has 0 bridgehead atoms. The van der Waals surface area contributed by atoms with Crippen LogP contribution in [0.5, 0.6) is 5.75 Å². The predicted octanol–water partition coefficient (Wildman–Crippen LogP) is 1.77. The van der Waals surface area contributed by atoms with Crippen molar-refractivity contribution in [2.24, 2.45) is 5.92 Å². The standard InChI is InChI=1S/C14H22N2O2/c1-10(14(18)15-3)9-16(4)11(2)12-6-5-7-13(17)8-12/h5-8,10-11,17H,9H2,1-4H3,(H,15,18). The lowest BCUT2D eigenvalue weighted by atomic mass is 10.0. The highest BCUT2D eigenvalue weighted by Crippen LogP contribution is 2.22. The lowest BCUT2D eigenvalue weighted by Gasteiger charge is -2.27. The Kier molecular flexibility index (Phi) is 5.16. The highest BCUT2D eigenvalue weighted by atomic mass is 16.3. The first kappa shape index (κ1) is 14.5. The molecule has 0 heterocycles. The number of amides is 1. The van der Waals surface area contributed by atoms with Gasteiger partial charge in [-0.1, -0.05) is 19.1 Å². The fourth-order valence-corrected chi connectivity index (χ4v) is 1.96. The van der Waals surface area contributed by atoms with Crippen LogP contribution in [0.3, 0.4) is 0 Å². The zero-order valence-corrected chi connectivity index (χ0v) is 11.5. The van der Waals surface area contributed by atoms with Crippen molar-refractivity contribution in [1.82, 2.24) is 10.2 Å². The number of aromatic hydroxyl groups is 1. The number of hydrogen-bond donors (Lipinski definition) is 2. The minimum absolute atomic E-state index is 0.0463. The van der Waals surface area contributed by atoms with E-state index in [1.54, 1.807) is 19.2 Å². The minimum atomic E-state index is -0.0558. The smallest absolute Gasteiger partial charge is 0.223 e. The van der Waals surface area contributed by atoms with Crippen LogP contribution in [0.15, 0.2) is 24.3 Å². The normalized spacial score (nSPS) is 14.3. The summed E-state index contributed by atoms with van der Waals surface area (Å²) in [7, 11) is 3.63. The molecule has 0 fully saturated rings. The zero-order chi connectivity index (χ0) is 13.7. The molecule has 0 aromatic heterocycles. The minimum Gasteiger partial charge on any atom is -0.508 e. The SMILES string of the molecule is CNC(=O)C(C)CN(C)C(C)c1cccc(O)c1. The number of phenolic OH excluding ortho intramolecular Hbond substituents is 1. The van der Waals surface area contributed by atoms with E-state index in [1.807, 2.05) is 26.1 Å². The second-order valence-corrected chi connectivity index (χ2v) is 4.73. The van der Waals surface area contributed by atoms with Crippen molar-refractivity contribution < 1.29 is 9.90 Å². The Labute approximate surface area is 109 Å². The summed E-state index contributed by atoms with van der Waals surface area (Å²) in [5, 5.41) is 12.1. The fraction of sp³-hybridized carbons (Fsp3) is 0.500. The molecule has 0 aliphatic heterocycles. The van der Waals surface area contributed by atoms with Crippen LogP contribution in [-0.4, -0.2) is 36.6 Å². The van der Waals surface area contributed by atoms with Crippen LogP contribution >= 0.6 is 0 Å². The molecule has 0 spiro atoms. The molecule has 18 heavy (non-hydrogen) atoms. The van der Waals surface area contributed by atoms with E-state index >= 15 is 0 Å². The molecule has 1 aromatic rings. The Bertz CT molecular complexity index is 407. The van der Waals surface area contributed by atoms with E-state index < -0.39 is 0 Å². The van der Waals surface area contributed by atoms with Crippen LogP contribution in [0.1, 0.15) is 25.5 Å². The summed E-state index contributed by atoms with van der Waals surface area (Å²) in [5.41, 5.74) is 1.04. The molecule has 1 aromatic carbocycles. The Morgan fingerprint density at radius 1 is 1.44 bits per heavy atom. The molecule has 0 saturated heterocycles. The van der Waals surface area contributed by atoms with Gasteiger partial charge in [0.05, 0.1) is 0 Å². The molecule has 100 valence electrons. The van der Waals surface area contributed by atoms with Gasteiger partial charge in [-0.25, -0.2) is 0 Å². The largest absolute Gasteiger partial charge is 0.508 e. The average Bonchev–Trinajstić information content (AvgIpc) is 2.36. The lowest BCUT2D eigenvalue weighted by Crippen LogP contribution is -2.35. The number of nitrogens with zero attached hydrogens (tertiary/aromatic N) is 1. The van der Waals surface area contributed by atoms with Crippen molar-refractivity contribution in [2.75, 3.05) is 20.6 Å². The molecule has 1 amide bonds. The van der Waals surface area contributed by atoms with E-state index in [9.17, 15) is 9.90 Å². The first-order chi connectivity index (χ1) is 8.45. The maximum absolute atomic E-state index is 11.5. The van der Waals surface area contributed by atoms with Crippen LogP contribution in [0, 0.1) is 5.92 Å². The van der Waals surface area contributed by atoms with Crippen molar-refractivity contribution in [3.63, 3.8) is 0 Å². The van der Waals surface area contributed by atoms with Gasteiger partial charge in [0, 0.05) is 25.6 Å². The van der Waals surface area contributed by atoms with Crippen molar-refractivity contribution in [2.45, 2.75) is 19.9 Å². The summed E-state index contributed by atoms with van der Waals surface area (Å²) in [6, 6.07) is 7.38. The average molecular weight is 250 g/mol. The van der Waals surface area contributed by atoms with Crippen molar-refractivity contribution in [1.29, 1.82) is 0 Å². The van der Waals surface area contributed by atoms with Crippen LogP contribution in [0.25, 0.3) is 0 Å². The molecule has 2 unspecified atom stereocenters. The van der Waals surface area contributed by atoms with Gasteiger partial charge < -0.3 is 10.4 Å². The molecule has 1 rings (SSSR count). The first-order valence-electron chi connectivity index (χ1n) is 6.16. The number of carbonyl (C=O) groups excluding carboxylic acids is 1. The van der Waals surface area contributed by atoms with Gasteiger partial charge in [0.2, 0.25) is 5.91 Å². The van der Waals surface area contributed by atoms with Gasteiger partial charge in [-0.3, -0.25) is 9.69 Å². The number of rotatable bonds is 5. The van der Waals surface area contributed by atoms with Crippen molar-refractivity contribution >= 4 is 5.91 Å². The van der Waals surface area contributed by atoms with Crippen LogP contribution in [0.4, 0.5) is 0 Å². The third kappa shape index (κ3) is 3.74. The molecule has 4 nitrogen and oxygen atoms in total. The van der Waals surface area contributed by atoms with E-state index in [0.29, 0.717) is 6.54 Å². The Hall–Kier alpha value is -1.55. The highest BCUT2D eigenvalue weighted by molar-refractivity contribution is 5.78. The predicted molar refractivity (Wildman–Crippen MR) is 72.4 cm³/mol. The fourth-order valence-electron chi connectivity index (χ4n) is 1.96. The van der Waals surface area contributed by atoms with E-state index in [-0.39, 0.29) is 23.6 Å². The third-order valence-corrected chi connectivity index (χ3v) is 3.27. The number of hydrogen-bond acceptors (Lipinski definition) is 3. The topological polar surface area (TPSA) is 52.6 Å². The van der Waals surface area contributed by atoms with E-state index in [1.165, 1.54) is 0 Å². The first-order valence-corrected chi connectivity index (χ1v) is 6.16. The van der Waals surface area contributed by atoms with E-state index in [0.717, 1.165) is 5.56 Å². The third-order valence-electron chi connectivity index (χ3n) is 3.27. The quantitative estimate of drug-likeness (QED) is 0.837.